The van der Waals surface area contributed by atoms with E-state index in [4.69, 9.17) is 0 Å². The number of nitriles is 1. The van der Waals surface area contributed by atoms with Gasteiger partial charge in [0, 0.05) is 0 Å². The molecule has 1 aliphatic rings. The molecule has 2 rings (SSSR count). The molecule has 0 saturated heterocycles. The van der Waals surface area contributed by atoms with E-state index >= 15 is 0 Å². The summed E-state index contributed by atoms with van der Waals surface area (Å²) in [6.45, 7) is 0. The highest BCUT2D eigenvalue weighted by Crippen LogP contribution is 2.45. The summed E-state index contributed by atoms with van der Waals surface area (Å²) in [6, 6.07) is 12.8. The molecule has 0 amide bonds. The normalized spacial score (nSPS) is 31.2. The van der Waals surface area contributed by atoms with Crippen molar-refractivity contribution in [3.63, 3.8) is 0 Å². The Kier molecular flexibility index (Phi) is 2.33. The standard InChI is InChI=1S/C12H14BN/c13-11-6-7-12(8-11,9-14)10-4-2-1-3-5-10/h1-5,11H,6-8,13H2. The predicted octanol–water partition coefficient (Wildman–Crippen LogP) is 2.05. The van der Waals surface area contributed by atoms with Gasteiger partial charge in [0.05, 0.1) is 11.5 Å². The number of hydrogen-bond acceptors (Lipinski definition) is 1. The van der Waals surface area contributed by atoms with Crippen LogP contribution in [0.2, 0.25) is 5.82 Å². The van der Waals surface area contributed by atoms with Crippen LogP contribution in [0.5, 0.6) is 0 Å². The van der Waals surface area contributed by atoms with E-state index in [1.165, 1.54) is 12.0 Å². The maximum atomic E-state index is 9.34. The van der Waals surface area contributed by atoms with Crippen LogP contribution in [-0.4, -0.2) is 7.85 Å². The largest absolute Gasteiger partial charge is 0.197 e. The van der Waals surface area contributed by atoms with Gasteiger partial charge in [0.2, 0.25) is 0 Å². The van der Waals surface area contributed by atoms with Gasteiger partial charge in [-0.2, -0.15) is 5.26 Å². The van der Waals surface area contributed by atoms with Crippen molar-refractivity contribution in [2.45, 2.75) is 30.5 Å². The molecule has 0 spiro atoms. The van der Waals surface area contributed by atoms with Crippen molar-refractivity contribution < 1.29 is 0 Å². The molecule has 1 aromatic rings. The lowest BCUT2D eigenvalue weighted by molar-refractivity contribution is 0.573. The zero-order valence-corrected chi connectivity index (χ0v) is 8.53. The Morgan fingerprint density at radius 2 is 2.07 bits per heavy atom. The number of rotatable bonds is 1. The molecule has 70 valence electrons. The van der Waals surface area contributed by atoms with Crippen LogP contribution in [-0.2, 0) is 5.41 Å². The highest BCUT2D eigenvalue weighted by Gasteiger charge is 2.38. The van der Waals surface area contributed by atoms with Crippen molar-refractivity contribution >= 4 is 7.85 Å². The molecule has 0 aromatic heterocycles. The van der Waals surface area contributed by atoms with E-state index in [2.05, 4.69) is 26.0 Å². The van der Waals surface area contributed by atoms with Crippen LogP contribution in [0, 0.1) is 11.3 Å². The van der Waals surface area contributed by atoms with Gasteiger partial charge in [0.15, 0.2) is 0 Å². The van der Waals surface area contributed by atoms with Gasteiger partial charge in [-0.3, -0.25) is 0 Å². The monoisotopic (exact) mass is 183 g/mol. The first kappa shape index (κ1) is 9.33. The molecule has 0 N–H and O–H groups in total. The average Bonchev–Trinajstić information content (AvgIpc) is 2.63. The molecule has 1 aliphatic carbocycles. The van der Waals surface area contributed by atoms with Crippen molar-refractivity contribution in [2.75, 3.05) is 0 Å². The van der Waals surface area contributed by atoms with Crippen LogP contribution >= 0.6 is 0 Å². The Morgan fingerprint density at radius 1 is 1.36 bits per heavy atom. The van der Waals surface area contributed by atoms with E-state index in [0.29, 0.717) is 5.82 Å². The topological polar surface area (TPSA) is 23.8 Å². The Balaban J connectivity index is 2.36. The van der Waals surface area contributed by atoms with E-state index < -0.39 is 0 Å². The molecule has 14 heavy (non-hydrogen) atoms. The van der Waals surface area contributed by atoms with Gasteiger partial charge in [-0.05, 0) is 18.4 Å². The number of nitrogens with zero attached hydrogens (tertiary/aromatic N) is 1. The summed E-state index contributed by atoms with van der Waals surface area (Å²) in [5.74, 6) is 0.690. The van der Waals surface area contributed by atoms with Crippen LogP contribution in [0.15, 0.2) is 30.3 Å². The molecule has 0 bridgehead atoms. The lowest BCUT2D eigenvalue weighted by atomic mass is 9.76. The second kappa shape index (κ2) is 3.50. The van der Waals surface area contributed by atoms with E-state index in [-0.39, 0.29) is 5.41 Å². The van der Waals surface area contributed by atoms with Crippen molar-refractivity contribution in [1.82, 2.24) is 0 Å². The first-order valence-corrected chi connectivity index (χ1v) is 5.24. The van der Waals surface area contributed by atoms with Gasteiger partial charge in [-0.1, -0.05) is 42.6 Å². The third kappa shape index (κ3) is 1.44. The summed E-state index contributed by atoms with van der Waals surface area (Å²) in [7, 11) is 2.24. The van der Waals surface area contributed by atoms with Crippen molar-refractivity contribution in [3.8, 4) is 6.07 Å². The predicted molar refractivity (Wildman–Crippen MR) is 59.9 cm³/mol. The van der Waals surface area contributed by atoms with E-state index in [1.807, 2.05) is 18.2 Å². The third-order valence-corrected chi connectivity index (χ3v) is 3.30. The highest BCUT2D eigenvalue weighted by atomic mass is 14.4. The van der Waals surface area contributed by atoms with Crippen LogP contribution in [0.4, 0.5) is 0 Å². The summed E-state index contributed by atoms with van der Waals surface area (Å²) in [5, 5.41) is 9.34. The minimum Gasteiger partial charge on any atom is -0.197 e. The molecule has 1 fully saturated rings. The van der Waals surface area contributed by atoms with Gasteiger partial charge >= 0.3 is 0 Å². The molecular formula is C12H14BN. The van der Waals surface area contributed by atoms with Gasteiger partial charge in [-0.25, -0.2) is 0 Å². The Bertz CT molecular complexity index is 354. The first-order chi connectivity index (χ1) is 6.77. The summed E-state index contributed by atoms with van der Waals surface area (Å²) >= 11 is 0. The lowest BCUT2D eigenvalue weighted by Gasteiger charge is -2.20. The van der Waals surface area contributed by atoms with Crippen molar-refractivity contribution in [3.05, 3.63) is 35.9 Å². The average molecular weight is 183 g/mol. The molecule has 2 unspecified atom stereocenters. The Labute approximate surface area is 86.2 Å². The molecule has 0 heterocycles. The zero-order chi connectivity index (χ0) is 10.0. The van der Waals surface area contributed by atoms with E-state index in [9.17, 15) is 5.26 Å². The smallest absolute Gasteiger partial charge is 0.105 e. The minimum absolute atomic E-state index is 0.194. The zero-order valence-electron chi connectivity index (χ0n) is 8.53. The van der Waals surface area contributed by atoms with Gasteiger partial charge in [-0.15, -0.1) is 0 Å². The minimum atomic E-state index is -0.194. The molecule has 0 radical (unpaired) electrons. The quantitative estimate of drug-likeness (QED) is 0.611. The van der Waals surface area contributed by atoms with Crippen LogP contribution in [0.3, 0.4) is 0 Å². The van der Waals surface area contributed by atoms with Gasteiger partial charge in [0.1, 0.15) is 7.85 Å². The Morgan fingerprint density at radius 3 is 2.57 bits per heavy atom. The molecule has 1 aromatic carbocycles. The fourth-order valence-corrected chi connectivity index (χ4v) is 2.48. The fraction of sp³-hybridized carbons (Fsp3) is 0.417. The summed E-state index contributed by atoms with van der Waals surface area (Å²) in [4.78, 5) is 0. The molecule has 0 aliphatic heterocycles. The number of hydrogen-bond donors (Lipinski definition) is 0. The Hall–Kier alpha value is -1.23. The van der Waals surface area contributed by atoms with Crippen molar-refractivity contribution in [2.24, 2.45) is 0 Å². The number of benzene rings is 1. The maximum absolute atomic E-state index is 9.34. The SMILES string of the molecule is BC1CCC(C#N)(c2ccccc2)C1. The molecule has 2 atom stereocenters. The van der Waals surface area contributed by atoms with E-state index in [0.717, 1.165) is 12.8 Å². The van der Waals surface area contributed by atoms with Crippen LogP contribution < -0.4 is 0 Å². The van der Waals surface area contributed by atoms with Crippen LogP contribution in [0.25, 0.3) is 0 Å². The summed E-state index contributed by atoms with van der Waals surface area (Å²) in [6.07, 6.45) is 3.23. The third-order valence-electron chi connectivity index (χ3n) is 3.30. The molecule has 2 heteroatoms. The van der Waals surface area contributed by atoms with E-state index in [1.54, 1.807) is 0 Å². The molecular weight excluding hydrogens is 169 g/mol. The molecule has 1 saturated carbocycles. The molecule has 1 nitrogen and oxygen atoms in total. The fourth-order valence-electron chi connectivity index (χ4n) is 2.48. The first-order valence-electron chi connectivity index (χ1n) is 5.24. The second-order valence-corrected chi connectivity index (χ2v) is 4.41. The lowest BCUT2D eigenvalue weighted by Crippen LogP contribution is -2.19. The van der Waals surface area contributed by atoms with Gasteiger partial charge in [0.25, 0.3) is 0 Å². The summed E-state index contributed by atoms with van der Waals surface area (Å²) in [5.41, 5.74) is 1.01. The second-order valence-electron chi connectivity index (χ2n) is 4.41. The summed E-state index contributed by atoms with van der Waals surface area (Å²) < 4.78 is 0. The van der Waals surface area contributed by atoms with Crippen LogP contribution in [0.1, 0.15) is 24.8 Å². The van der Waals surface area contributed by atoms with Crippen molar-refractivity contribution in [1.29, 1.82) is 5.26 Å². The maximum Gasteiger partial charge on any atom is 0.105 e. The highest BCUT2D eigenvalue weighted by molar-refractivity contribution is 6.11. The van der Waals surface area contributed by atoms with Gasteiger partial charge < -0.3 is 0 Å².